The zero-order valence-electron chi connectivity index (χ0n) is 26.4. The summed E-state index contributed by atoms with van der Waals surface area (Å²) in [7, 11) is 0. The van der Waals surface area contributed by atoms with Crippen LogP contribution in [-0.4, -0.2) is 65.2 Å². The number of nitrogens with zero attached hydrogens (tertiary/aromatic N) is 1. The molecule has 0 saturated carbocycles. The van der Waals surface area contributed by atoms with Gasteiger partial charge in [-0.1, -0.05) is 40.2 Å². The van der Waals surface area contributed by atoms with Crippen molar-refractivity contribution in [2.75, 3.05) is 13.2 Å². The summed E-state index contributed by atoms with van der Waals surface area (Å²) in [5, 5.41) is 28.4. The van der Waals surface area contributed by atoms with Crippen molar-refractivity contribution < 1.29 is 38.8 Å². The third-order valence-corrected chi connectivity index (χ3v) is 7.33. The highest BCUT2D eigenvalue weighted by Crippen LogP contribution is 2.37. The molecule has 47 heavy (non-hydrogen) atoms. The Morgan fingerprint density at radius 1 is 0.915 bits per heavy atom. The molecule has 252 valence electrons. The van der Waals surface area contributed by atoms with Crippen molar-refractivity contribution in [2.45, 2.75) is 58.4 Å². The molecule has 3 aromatic carbocycles. The first kappa shape index (κ1) is 37.3. The van der Waals surface area contributed by atoms with Crippen LogP contribution in [0, 0.1) is 0 Å². The van der Waals surface area contributed by atoms with E-state index in [0.29, 0.717) is 40.3 Å². The van der Waals surface area contributed by atoms with Gasteiger partial charge in [0.05, 0.1) is 23.9 Å². The van der Waals surface area contributed by atoms with Crippen LogP contribution in [0.2, 0.25) is 0 Å². The highest BCUT2D eigenvalue weighted by molar-refractivity contribution is 9.10. The third-order valence-electron chi connectivity index (χ3n) is 6.22. The third kappa shape index (κ3) is 12.5. The molecular formula is C33H38Br2N4O8. The van der Waals surface area contributed by atoms with Crippen molar-refractivity contribution in [1.82, 2.24) is 16.1 Å². The summed E-state index contributed by atoms with van der Waals surface area (Å²) in [6.07, 6.45) is 0.518. The van der Waals surface area contributed by atoms with Gasteiger partial charge in [0.2, 0.25) is 5.91 Å². The van der Waals surface area contributed by atoms with Crippen LogP contribution in [0.3, 0.4) is 0 Å². The van der Waals surface area contributed by atoms with Crippen LogP contribution >= 0.6 is 31.9 Å². The predicted molar refractivity (Wildman–Crippen MR) is 184 cm³/mol. The number of aromatic hydroxyl groups is 1. The predicted octanol–water partition coefficient (Wildman–Crippen LogP) is 4.96. The molecule has 14 heteroatoms. The van der Waals surface area contributed by atoms with Crippen LogP contribution in [0.5, 0.6) is 17.2 Å². The number of amides is 3. The number of ether oxygens (including phenoxy) is 3. The van der Waals surface area contributed by atoms with E-state index in [-0.39, 0.29) is 12.2 Å². The van der Waals surface area contributed by atoms with Gasteiger partial charge in [-0.2, -0.15) is 5.10 Å². The maximum Gasteiger partial charge on any atom is 0.408 e. The SMILES string of the molecule is CCOc1cc(/C=N\NC(=O)[C@H](Cc2ccc(O)cc2)NC(=O)[C@H](CO)NC(=O)OC(C)(C)C)cc(Br)c1OCc1ccc(Br)cc1. The van der Waals surface area contributed by atoms with Crippen molar-refractivity contribution in [2.24, 2.45) is 5.10 Å². The molecule has 0 aliphatic carbocycles. The molecule has 3 amide bonds. The van der Waals surface area contributed by atoms with Gasteiger partial charge in [-0.15, -0.1) is 0 Å². The lowest BCUT2D eigenvalue weighted by atomic mass is 10.0. The second-order valence-corrected chi connectivity index (χ2v) is 13.0. The van der Waals surface area contributed by atoms with Crippen molar-refractivity contribution in [1.29, 1.82) is 0 Å². The summed E-state index contributed by atoms with van der Waals surface area (Å²) in [4.78, 5) is 38.5. The van der Waals surface area contributed by atoms with Crippen LogP contribution in [0.1, 0.15) is 44.4 Å². The Kier molecular flexibility index (Phi) is 14.0. The Balaban J connectivity index is 1.74. The van der Waals surface area contributed by atoms with Gasteiger partial charge >= 0.3 is 6.09 Å². The lowest BCUT2D eigenvalue weighted by Crippen LogP contribution is -2.55. The first-order valence-electron chi connectivity index (χ1n) is 14.6. The summed E-state index contributed by atoms with van der Waals surface area (Å²) in [5.74, 6) is -0.476. The molecule has 0 aliphatic rings. The average molecular weight is 778 g/mol. The van der Waals surface area contributed by atoms with E-state index in [9.17, 15) is 24.6 Å². The van der Waals surface area contributed by atoms with E-state index in [1.807, 2.05) is 31.2 Å². The average Bonchev–Trinajstić information content (AvgIpc) is 3.00. The fourth-order valence-corrected chi connectivity index (χ4v) is 4.88. The molecule has 0 fully saturated rings. The topological polar surface area (TPSA) is 168 Å². The fraction of sp³-hybridized carbons (Fsp3) is 0.333. The number of phenolic OH excluding ortho intramolecular Hbond substituents is 1. The molecule has 0 radical (unpaired) electrons. The molecule has 0 aliphatic heterocycles. The number of nitrogens with one attached hydrogen (secondary N) is 3. The zero-order chi connectivity index (χ0) is 34.6. The molecular weight excluding hydrogens is 740 g/mol. The number of alkyl carbamates (subject to hydrolysis) is 1. The van der Waals surface area contributed by atoms with E-state index in [1.165, 1.54) is 18.3 Å². The van der Waals surface area contributed by atoms with Crippen molar-refractivity contribution in [3.8, 4) is 17.2 Å². The van der Waals surface area contributed by atoms with E-state index >= 15 is 0 Å². The molecule has 0 bridgehead atoms. The maximum absolute atomic E-state index is 13.3. The Morgan fingerprint density at radius 2 is 1.57 bits per heavy atom. The Hall–Kier alpha value is -4.14. The monoisotopic (exact) mass is 776 g/mol. The van der Waals surface area contributed by atoms with Crippen LogP contribution in [0.15, 0.2) is 74.7 Å². The van der Waals surface area contributed by atoms with E-state index in [2.05, 4.69) is 53.0 Å². The minimum Gasteiger partial charge on any atom is -0.508 e. The van der Waals surface area contributed by atoms with Gasteiger partial charge in [-0.25, -0.2) is 10.2 Å². The normalized spacial score (nSPS) is 12.6. The van der Waals surface area contributed by atoms with Gasteiger partial charge in [0, 0.05) is 10.9 Å². The first-order valence-corrected chi connectivity index (χ1v) is 16.2. The quantitative estimate of drug-likeness (QED) is 0.113. The Bertz CT molecular complexity index is 1540. The number of carbonyl (C=O) groups excluding carboxylic acids is 3. The number of benzene rings is 3. The molecule has 0 spiro atoms. The second-order valence-electron chi connectivity index (χ2n) is 11.2. The Morgan fingerprint density at radius 3 is 2.19 bits per heavy atom. The highest BCUT2D eigenvalue weighted by Gasteiger charge is 2.28. The standard InChI is InChI=1S/C33H38Br2N4O8/c1-5-45-28-16-22(14-25(35)29(28)46-19-21-6-10-23(34)11-7-21)17-36-39-31(43)26(15-20-8-12-24(41)13-9-20)37-30(42)27(18-40)38-32(44)47-33(2,3)4/h6-14,16-17,26-27,40-41H,5,15,18-19H2,1-4H3,(H,37,42)(H,38,44)(H,39,43)/b36-17-/t26-,27-/m0/s1. The highest BCUT2D eigenvalue weighted by atomic mass is 79.9. The van der Waals surface area contributed by atoms with Crippen molar-refractivity contribution in [3.05, 3.63) is 86.3 Å². The summed E-state index contributed by atoms with van der Waals surface area (Å²) in [6, 6.07) is 14.7. The van der Waals surface area contributed by atoms with Crippen LogP contribution < -0.4 is 25.5 Å². The number of rotatable bonds is 14. The van der Waals surface area contributed by atoms with Gasteiger partial charge in [0.25, 0.3) is 5.91 Å². The van der Waals surface area contributed by atoms with Crippen LogP contribution in [0.4, 0.5) is 4.79 Å². The smallest absolute Gasteiger partial charge is 0.408 e. The van der Waals surface area contributed by atoms with Gasteiger partial charge in [-0.3, -0.25) is 9.59 Å². The Labute approximate surface area is 290 Å². The largest absolute Gasteiger partial charge is 0.508 e. The lowest BCUT2D eigenvalue weighted by Gasteiger charge is -2.24. The number of halogens is 2. The number of phenols is 1. The molecule has 3 rings (SSSR count). The maximum atomic E-state index is 13.3. The minimum absolute atomic E-state index is 0.0163. The molecule has 3 aromatic rings. The van der Waals surface area contributed by atoms with Gasteiger partial charge in [0.1, 0.15) is 30.0 Å². The molecule has 5 N–H and O–H groups in total. The van der Waals surface area contributed by atoms with E-state index in [0.717, 1.165) is 10.0 Å². The number of hydrogen-bond acceptors (Lipinski definition) is 9. The molecule has 12 nitrogen and oxygen atoms in total. The molecule has 0 unspecified atom stereocenters. The van der Waals surface area contributed by atoms with E-state index < -0.39 is 42.2 Å². The number of hydrogen-bond donors (Lipinski definition) is 5. The zero-order valence-corrected chi connectivity index (χ0v) is 29.6. The number of aliphatic hydroxyl groups excluding tert-OH is 1. The summed E-state index contributed by atoms with van der Waals surface area (Å²) < 4.78 is 18.6. The number of hydrazone groups is 1. The van der Waals surface area contributed by atoms with Gasteiger partial charge < -0.3 is 35.1 Å². The fourth-order valence-electron chi connectivity index (χ4n) is 4.04. The second kappa shape index (κ2) is 17.7. The first-order chi connectivity index (χ1) is 22.3. The minimum atomic E-state index is -1.39. The van der Waals surface area contributed by atoms with E-state index in [1.54, 1.807) is 45.0 Å². The lowest BCUT2D eigenvalue weighted by molar-refractivity contribution is -0.130. The summed E-state index contributed by atoms with van der Waals surface area (Å²) in [5.41, 5.74) is 3.78. The summed E-state index contributed by atoms with van der Waals surface area (Å²) >= 11 is 6.95. The summed E-state index contributed by atoms with van der Waals surface area (Å²) in [6.45, 7) is 6.77. The van der Waals surface area contributed by atoms with Crippen molar-refractivity contribution in [3.63, 3.8) is 0 Å². The number of aliphatic hydroxyl groups is 1. The van der Waals surface area contributed by atoms with Gasteiger partial charge in [0.15, 0.2) is 11.5 Å². The molecule has 0 heterocycles. The van der Waals surface area contributed by atoms with Gasteiger partial charge in [-0.05, 0) is 96.7 Å². The van der Waals surface area contributed by atoms with E-state index in [4.69, 9.17) is 14.2 Å². The molecule has 0 aromatic heterocycles. The number of carbonyl (C=O) groups is 3. The van der Waals surface area contributed by atoms with Crippen molar-refractivity contribution >= 4 is 56.0 Å². The van der Waals surface area contributed by atoms with Crippen LogP contribution in [0.25, 0.3) is 0 Å². The molecule has 2 atom stereocenters. The molecule has 0 saturated heterocycles. The van der Waals surface area contributed by atoms with Crippen LogP contribution in [-0.2, 0) is 27.4 Å².